The Kier molecular flexibility index (Phi) is 1.96. The summed E-state index contributed by atoms with van der Waals surface area (Å²) in [5.74, 6) is -0.0564. The van der Waals surface area contributed by atoms with E-state index in [9.17, 15) is 9.18 Å². The first-order valence-electron chi connectivity index (χ1n) is 4.07. The molecule has 14 heavy (non-hydrogen) atoms. The number of H-pyrrole nitrogens is 1. The first kappa shape index (κ1) is 8.74. The molecule has 0 amide bonds. The van der Waals surface area contributed by atoms with E-state index in [0.29, 0.717) is 16.7 Å². The highest BCUT2D eigenvalue weighted by atomic mass is 19.1. The summed E-state index contributed by atoms with van der Waals surface area (Å²) in [6, 6.07) is 5.48. The molecule has 0 radical (unpaired) electrons. The van der Waals surface area contributed by atoms with E-state index in [2.05, 4.69) is 4.98 Å². The highest BCUT2D eigenvalue weighted by molar-refractivity contribution is 5.84. The third kappa shape index (κ3) is 1.35. The maximum absolute atomic E-state index is 13.0. The first-order chi connectivity index (χ1) is 6.70. The fourth-order valence-electron chi connectivity index (χ4n) is 1.36. The molecule has 0 saturated heterocycles. The van der Waals surface area contributed by atoms with Crippen LogP contribution in [0.4, 0.5) is 4.39 Å². The standard InChI is InChI=1S/C10H8FNO2/c1-14-8-5-7(11)4-6-2-3-9(13)12-10(6)8/h2-5H,1H3,(H,12,13). The second-order valence-corrected chi connectivity index (χ2v) is 2.89. The molecular formula is C10H8FNO2. The Morgan fingerprint density at radius 2 is 2.14 bits per heavy atom. The zero-order chi connectivity index (χ0) is 10.1. The van der Waals surface area contributed by atoms with E-state index >= 15 is 0 Å². The van der Waals surface area contributed by atoms with Crippen molar-refractivity contribution in [2.45, 2.75) is 0 Å². The summed E-state index contributed by atoms with van der Waals surface area (Å²) >= 11 is 0. The second-order valence-electron chi connectivity index (χ2n) is 2.89. The average Bonchev–Trinajstić information content (AvgIpc) is 2.17. The number of benzene rings is 1. The lowest BCUT2D eigenvalue weighted by atomic mass is 10.2. The molecule has 0 aliphatic rings. The lowest BCUT2D eigenvalue weighted by Gasteiger charge is -2.04. The number of hydrogen-bond donors (Lipinski definition) is 1. The van der Waals surface area contributed by atoms with E-state index < -0.39 is 0 Å². The van der Waals surface area contributed by atoms with Gasteiger partial charge in [0.1, 0.15) is 11.6 Å². The molecule has 0 aliphatic carbocycles. The Morgan fingerprint density at radius 1 is 1.36 bits per heavy atom. The van der Waals surface area contributed by atoms with E-state index in [0.717, 1.165) is 0 Å². The summed E-state index contributed by atoms with van der Waals surface area (Å²) in [6.07, 6.45) is 0. The molecule has 0 spiro atoms. The number of aromatic amines is 1. The predicted octanol–water partition coefficient (Wildman–Crippen LogP) is 1.68. The smallest absolute Gasteiger partial charge is 0.248 e. The summed E-state index contributed by atoms with van der Waals surface area (Å²) in [7, 11) is 1.43. The summed E-state index contributed by atoms with van der Waals surface area (Å²) in [4.78, 5) is 13.6. The van der Waals surface area contributed by atoms with Gasteiger partial charge < -0.3 is 9.72 Å². The molecule has 3 nitrogen and oxygen atoms in total. The number of hydrogen-bond acceptors (Lipinski definition) is 2. The summed E-state index contributed by atoms with van der Waals surface area (Å²) in [5.41, 5.74) is 0.281. The number of methoxy groups -OCH3 is 1. The minimum absolute atomic E-state index is 0.234. The fourth-order valence-corrected chi connectivity index (χ4v) is 1.36. The quantitative estimate of drug-likeness (QED) is 0.748. The van der Waals surface area contributed by atoms with Gasteiger partial charge in [0.2, 0.25) is 5.56 Å². The Hall–Kier alpha value is -1.84. The van der Waals surface area contributed by atoms with E-state index in [4.69, 9.17) is 4.74 Å². The van der Waals surface area contributed by atoms with Crippen molar-refractivity contribution >= 4 is 10.9 Å². The minimum atomic E-state index is -0.388. The van der Waals surface area contributed by atoms with Crippen LogP contribution in [0.2, 0.25) is 0 Å². The van der Waals surface area contributed by atoms with Gasteiger partial charge in [0.25, 0.3) is 0 Å². The van der Waals surface area contributed by atoms with Gasteiger partial charge in [-0.3, -0.25) is 4.79 Å². The van der Waals surface area contributed by atoms with Crippen molar-refractivity contribution in [1.82, 2.24) is 4.98 Å². The van der Waals surface area contributed by atoms with Crippen molar-refractivity contribution in [3.8, 4) is 5.75 Å². The van der Waals surface area contributed by atoms with Gasteiger partial charge in [-0.2, -0.15) is 0 Å². The molecule has 4 heteroatoms. The van der Waals surface area contributed by atoms with E-state index in [1.807, 2.05) is 0 Å². The van der Waals surface area contributed by atoms with Gasteiger partial charge in [-0.25, -0.2) is 4.39 Å². The highest BCUT2D eigenvalue weighted by Gasteiger charge is 2.04. The molecule has 0 saturated carbocycles. The number of aromatic nitrogens is 1. The van der Waals surface area contributed by atoms with Crippen molar-refractivity contribution in [3.63, 3.8) is 0 Å². The first-order valence-corrected chi connectivity index (χ1v) is 4.07. The van der Waals surface area contributed by atoms with Gasteiger partial charge in [-0.05, 0) is 12.1 Å². The largest absolute Gasteiger partial charge is 0.494 e. The minimum Gasteiger partial charge on any atom is -0.494 e. The van der Waals surface area contributed by atoms with Crippen LogP contribution in [-0.2, 0) is 0 Å². The zero-order valence-corrected chi connectivity index (χ0v) is 7.50. The van der Waals surface area contributed by atoms with Crippen LogP contribution in [-0.4, -0.2) is 12.1 Å². The Bertz CT molecular complexity index is 533. The lowest BCUT2D eigenvalue weighted by Crippen LogP contribution is -2.03. The molecule has 0 unspecified atom stereocenters. The van der Waals surface area contributed by atoms with Crippen LogP contribution in [0.15, 0.2) is 29.1 Å². The van der Waals surface area contributed by atoms with Gasteiger partial charge >= 0.3 is 0 Å². The Balaban J connectivity index is 2.88. The normalized spacial score (nSPS) is 10.4. The third-order valence-electron chi connectivity index (χ3n) is 1.98. The molecule has 2 aromatic rings. The van der Waals surface area contributed by atoms with Crippen molar-refractivity contribution in [2.75, 3.05) is 7.11 Å². The second kappa shape index (κ2) is 3.14. The number of halogens is 1. The molecule has 1 aromatic heterocycles. The van der Waals surface area contributed by atoms with E-state index in [1.54, 1.807) is 6.07 Å². The molecule has 0 atom stereocenters. The maximum Gasteiger partial charge on any atom is 0.248 e. The van der Waals surface area contributed by atoms with Gasteiger partial charge in [-0.15, -0.1) is 0 Å². The molecule has 72 valence electrons. The summed E-state index contributed by atoms with van der Waals surface area (Å²) in [6.45, 7) is 0. The molecule has 2 rings (SSSR count). The van der Waals surface area contributed by atoms with Crippen LogP contribution in [0, 0.1) is 5.82 Å². The van der Waals surface area contributed by atoms with E-state index in [-0.39, 0.29) is 11.4 Å². The predicted molar refractivity (Wildman–Crippen MR) is 51.1 cm³/mol. The summed E-state index contributed by atoms with van der Waals surface area (Å²) in [5, 5.41) is 0.612. The molecule has 0 bridgehead atoms. The number of rotatable bonds is 1. The van der Waals surface area contributed by atoms with Crippen LogP contribution >= 0.6 is 0 Å². The van der Waals surface area contributed by atoms with Gasteiger partial charge in [0, 0.05) is 17.5 Å². The number of fused-ring (bicyclic) bond motifs is 1. The van der Waals surface area contributed by atoms with Crippen LogP contribution in [0.1, 0.15) is 0 Å². The Labute approximate surface area is 79.1 Å². The van der Waals surface area contributed by atoms with Crippen molar-refractivity contribution in [3.05, 3.63) is 40.4 Å². The van der Waals surface area contributed by atoms with Gasteiger partial charge in [-0.1, -0.05) is 0 Å². The molecule has 1 heterocycles. The number of nitrogens with one attached hydrogen (secondary N) is 1. The van der Waals surface area contributed by atoms with Crippen LogP contribution < -0.4 is 10.3 Å². The zero-order valence-electron chi connectivity index (χ0n) is 7.50. The average molecular weight is 193 g/mol. The lowest BCUT2D eigenvalue weighted by molar-refractivity contribution is 0.415. The van der Waals surface area contributed by atoms with Crippen molar-refractivity contribution < 1.29 is 9.13 Å². The Morgan fingerprint density at radius 3 is 2.86 bits per heavy atom. The topological polar surface area (TPSA) is 42.1 Å². The van der Waals surface area contributed by atoms with E-state index in [1.165, 1.54) is 25.3 Å². The molecule has 1 aromatic carbocycles. The van der Waals surface area contributed by atoms with Gasteiger partial charge in [0.05, 0.1) is 12.6 Å². The SMILES string of the molecule is COc1cc(F)cc2ccc(=O)[nH]c12. The van der Waals surface area contributed by atoms with Gasteiger partial charge in [0.15, 0.2) is 0 Å². The molecule has 0 aliphatic heterocycles. The molecular weight excluding hydrogens is 185 g/mol. The molecule has 0 fully saturated rings. The van der Waals surface area contributed by atoms with Crippen LogP contribution in [0.5, 0.6) is 5.75 Å². The monoisotopic (exact) mass is 193 g/mol. The van der Waals surface area contributed by atoms with Crippen molar-refractivity contribution in [2.24, 2.45) is 0 Å². The van der Waals surface area contributed by atoms with Crippen LogP contribution in [0.3, 0.4) is 0 Å². The third-order valence-corrected chi connectivity index (χ3v) is 1.98. The molecule has 1 N–H and O–H groups in total. The number of ether oxygens (including phenoxy) is 1. The highest BCUT2D eigenvalue weighted by Crippen LogP contribution is 2.23. The number of pyridine rings is 1. The summed E-state index contributed by atoms with van der Waals surface area (Å²) < 4.78 is 18.0. The van der Waals surface area contributed by atoms with Crippen LogP contribution in [0.25, 0.3) is 10.9 Å². The van der Waals surface area contributed by atoms with Crippen molar-refractivity contribution in [1.29, 1.82) is 0 Å². The maximum atomic E-state index is 13.0. The fraction of sp³-hybridized carbons (Fsp3) is 0.100.